The predicted molar refractivity (Wildman–Crippen MR) is 102 cm³/mol. The number of para-hydroxylation sites is 1. The zero-order valence-corrected chi connectivity index (χ0v) is 15.7. The molecule has 0 bridgehead atoms. The summed E-state index contributed by atoms with van der Waals surface area (Å²) in [4.78, 5) is 19.2. The Morgan fingerprint density at radius 1 is 1.28 bits per heavy atom. The number of aromatic nitrogens is 1. The minimum absolute atomic E-state index is 0.0865. The van der Waals surface area contributed by atoms with Gasteiger partial charge in [0.1, 0.15) is 12.1 Å². The van der Waals surface area contributed by atoms with Crippen molar-refractivity contribution in [2.75, 3.05) is 20.1 Å². The molecule has 25 heavy (non-hydrogen) atoms. The van der Waals surface area contributed by atoms with Gasteiger partial charge in [0.15, 0.2) is 5.96 Å². The zero-order valence-electron chi connectivity index (χ0n) is 15.7. The fourth-order valence-corrected chi connectivity index (χ4v) is 2.64. The predicted octanol–water partition coefficient (Wildman–Crippen LogP) is 2.53. The average molecular weight is 344 g/mol. The lowest BCUT2D eigenvalue weighted by Gasteiger charge is -2.20. The number of aromatic amines is 1. The van der Waals surface area contributed by atoms with Crippen LogP contribution in [0.3, 0.4) is 0 Å². The van der Waals surface area contributed by atoms with E-state index in [-0.39, 0.29) is 12.5 Å². The molecule has 0 spiro atoms. The lowest BCUT2D eigenvalue weighted by atomic mass is 10.1. The van der Waals surface area contributed by atoms with Crippen molar-refractivity contribution in [2.24, 2.45) is 4.99 Å². The summed E-state index contributed by atoms with van der Waals surface area (Å²) in [6, 6.07) is 6.30. The highest BCUT2D eigenvalue weighted by Gasteiger charge is 2.16. The van der Waals surface area contributed by atoms with Crippen molar-refractivity contribution in [1.29, 1.82) is 0 Å². The van der Waals surface area contributed by atoms with Crippen LogP contribution < -0.4 is 10.6 Å². The molecule has 0 atom stereocenters. The lowest BCUT2D eigenvalue weighted by Crippen LogP contribution is -2.42. The number of guanidine groups is 1. The second-order valence-electron chi connectivity index (χ2n) is 7.00. The first-order valence-corrected chi connectivity index (χ1v) is 8.52. The molecule has 1 aromatic carbocycles. The van der Waals surface area contributed by atoms with E-state index in [1.165, 1.54) is 22.0 Å². The van der Waals surface area contributed by atoms with Crippen molar-refractivity contribution in [2.45, 2.75) is 39.7 Å². The SMILES string of the molecule is CN=C(NCCc1c[nH]c2c(C)cccc12)NCC(=O)OC(C)(C)C. The van der Waals surface area contributed by atoms with E-state index >= 15 is 0 Å². The number of ether oxygens (including phenoxy) is 1. The average Bonchev–Trinajstić information content (AvgIpc) is 2.93. The lowest BCUT2D eigenvalue weighted by molar-refractivity contribution is -0.153. The molecule has 2 rings (SSSR count). The Kier molecular flexibility index (Phi) is 6.07. The fraction of sp³-hybridized carbons (Fsp3) is 0.474. The first kappa shape index (κ1) is 18.8. The number of fused-ring (bicyclic) bond motifs is 1. The van der Waals surface area contributed by atoms with Crippen molar-refractivity contribution in [3.8, 4) is 0 Å². The number of aryl methyl sites for hydroxylation is 1. The summed E-state index contributed by atoms with van der Waals surface area (Å²) in [5, 5.41) is 7.45. The highest BCUT2D eigenvalue weighted by molar-refractivity contribution is 5.86. The van der Waals surface area contributed by atoms with Crippen LogP contribution in [0.4, 0.5) is 0 Å². The Balaban J connectivity index is 1.83. The van der Waals surface area contributed by atoms with Crippen molar-refractivity contribution in [1.82, 2.24) is 15.6 Å². The maximum absolute atomic E-state index is 11.7. The van der Waals surface area contributed by atoms with Gasteiger partial charge in [0.25, 0.3) is 0 Å². The van der Waals surface area contributed by atoms with E-state index in [1.54, 1.807) is 7.05 Å². The van der Waals surface area contributed by atoms with Crippen LogP contribution in [-0.4, -0.2) is 42.7 Å². The van der Waals surface area contributed by atoms with Gasteiger partial charge in [-0.3, -0.25) is 9.79 Å². The van der Waals surface area contributed by atoms with Crippen molar-refractivity contribution >= 4 is 22.8 Å². The van der Waals surface area contributed by atoms with Gasteiger partial charge in [-0.15, -0.1) is 0 Å². The molecule has 6 nitrogen and oxygen atoms in total. The maximum Gasteiger partial charge on any atom is 0.325 e. The summed E-state index contributed by atoms with van der Waals surface area (Å²) in [6.45, 7) is 8.45. The van der Waals surface area contributed by atoms with E-state index < -0.39 is 5.60 Å². The van der Waals surface area contributed by atoms with Gasteiger partial charge in [0.2, 0.25) is 0 Å². The topological polar surface area (TPSA) is 78.5 Å². The van der Waals surface area contributed by atoms with Gasteiger partial charge in [-0.1, -0.05) is 18.2 Å². The largest absolute Gasteiger partial charge is 0.459 e. The van der Waals surface area contributed by atoms with E-state index in [1.807, 2.05) is 20.8 Å². The fourth-order valence-electron chi connectivity index (χ4n) is 2.64. The van der Waals surface area contributed by atoms with Gasteiger partial charge in [0.05, 0.1) is 0 Å². The molecule has 0 aliphatic carbocycles. The quantitative estimate of drug-likeness (QED) is 0.442. The van der Waals surface area contributed by atoms with Crippen molar-refractivity contribution in [3.05, 3.63) is 35.5 Å². The molecule has 1 heterocycles. The van der Waals surface area contributed by atoms with Crippen LogP contribution in [-0.2, 0) is 16.0 Å². The Morgan fingerprint density at radius 3 is 2.72 bits per heavy atom. The summed E-state index contributed by atoms with van der Waals surface area (Å²) >= 11 is 0. The number of nitrogens with one attached hydrogen (secondary N) is 3. The molecule has 3 N–H and O–H groups in total. The molecule has 0 saturated carbocycles. The maximum atomic E-state index is 11.7. The minimum Gasteiger partial charge on any atom is -0.459 e. The molecular weight excluding hydrogens is 316 g/mol. The van der Waals surface area contributed by atoms with Gasteiger partial charge < -0.3 is 20.4 Å². The van der Waals surface area contributed by atoms with E-state index in [9.17, 15) is 4.79 Å². The van der Waals surface area contributed by atoms with E-state index in [2.05, 4.69) is 51.9 Å². The third-order valence-corrected chi connectivity index (χ3v) is 3.74. The number of aliphatic imine (C=N–C) groups is 1. The van der Waals surface area contributed by atoms with Gasteiger partial charge in [-0.05, 0) is 45.2 Å². The highest BCUT2D eigenvalue weighted by Crippen LogP contribution is 2.21. The van der Waals surface area contributed by atoms with Crippen LogP contribution in [0.2, 0.25) is 0 Å². The molecule has 0 amide bonds. The molecule has 0 saturated heterocycles. The smallest absolute Gasteiger partial charge is 0.325 e. The molecular formula is C19H28N4O2. The molecule has 0 fully saturated rings. The van der Waals surface area contributed by atoms with E-state index in [4.69, 9.17) is 4.74 Å². The van der Waals surface area contributed by atoms with Gasteiger partial charge in [0, 0.05) is 30.7 Å². The summed E-state index contributed by atoms with van der Waals surface area (Å²) in [5.41, 5.74) is 3.20. The third kappa shape index (κ3) is 5.52. The number of hydrogen-bond acceptors (Lipinski definition) is 3. The van der Waals surface area contributed by atoms with Crippen LogP contribution in [0.15, 0.2) is 29.4 Å². The Bertz CT molecular complexity index is 756. The number of hydrogen-bond donors (Lipinski definition) is 3. The normalized spacial score (nSPS) is 12.3. The number of rotatable bonds is 5. The van der Waals surface area contributed by atoms with Gasteiger partial charge in [-0.2, -0.15) is 0 Å². The van der Waals surface area contributed by atoms with Gasteiger partial charge in [-0.25, -0.2) is 0 Å². The number of nitrogens with zero attached hydrogens (tertiary/aromatic N) is 1. The molecule has 136 valence electrons. The summed E-state index contributed by atoms with van der Waals surface area (Å²) in [6.07, 6.45) is 2.91. The molecule has 0 radical (unpaired) electrons. The Labute approximate surface area is 149 Å². The number of esters is 1. The van der Waals surface area contributed by atoms with E-state index in [0.717, 1.165) is 13.0 Å². The monoisotopic (exact) mass is 344 g/mol. The van der Waals surface area contributed by atoms with Gasteiger partial charge >= 0.3 is 5.97 Å². The number of benzene rings is 1. The molecule has 6 heteroatoms. The first-order chi connectivity index (χ1) is 11.8. The second-order valence-corrected chi connectivity index (χ2v) is 7.00. The first-order valence-electron chi connectivity index (χ1n) is 8.52. The number of carbonyl (C=O) groups is 1. The van der Waals surface area contributed by atoms with Crippen molar-refractivity contribution in [3.63, 3.8) is 0 Å². The summed E-state index contributed by atoms with van der Waals surface area (Å²) < 4.78 is 5.27. The molecule has 0 unspecified atom stereocenters. The summed E-state index contributed by atoms with van der Waals surface area (Å²) in [7, 11) is 1.68. The van der Waals surface area contributed by atoms with Crippen LogP contribution in [0.25, 0.3) is 10.9 Å². The Morgan fingerprint density at radius 2 is 2.04 bits per heavy atom. The summed E-state index contributed by atoms with van der Waals surface area (Å²) in [5.74, 6) is 0.282. The van der Waals surface area contributed by atoms with Crippen molar-refractivity contribution < 1.29 is 9.53 Å². The molecule has 2 aromatic rings. The molecule has 1 aromatic heterocycles. The molecule has 0 aliphatic rings. The number of H-pyrrole nitrogens is 1. The number of carbonyl (C=O) groups excluding carboxylic acids is 1. The van der Waals surface area contributed by atoms with Crippen LogP contribution >= 0.6 is 0 Å². The van der Waals surface area contributed by atoms with Crippen LogP contribution in [0.1, 0.15) is 31.9 Å². The minimum atomic E-state index is -0.483. The van der Waals surface area contributed by atoms with Crippen LogP contribution in [0.5, 0.6) is 0 Å². The zero-order chi connectivity index (χ0) is 18.4. The van der Waals surface area contributed by atoms with Crippen LogP contribution in [0, 0.1) is 6.92 Å². The second kappa shape index (κ2) is 8.05. The highest BCUT2D eigenvalue weighted by atomic mass is 16.6. The van der Waals surface area contributed by atoms with E-state index in [0.29, 0.717) is 5.96 Å². The standard InChI is InChI=1S/C19H28N4O2/c1-13-7-6-8-15-14(11-22-17(13)15)9-10-21-18(20-5)23-12-16(24)25-19(2,3)4/h6-8,11,22H,9-10,12H2,1-5H3,(H2,20,21,23). The third-order valence-electron chi connectivity index (χ3n) is 3.74. The molecule has 0 aliphatic heterocycles. The Hall–Kier alpha value is -2.50.